The Hall–Kier alpha value is -3.78. The van der Waals surface area contributed by atoms with Crippen molar-refractivity contribution in [3.05, 3.63) is 95.1 Å². The number of carbonyl (C=O) groups excluding carboxylic acids is 1. The smallest absolute Gasteiger partial charge is 0.378 e. The Morgan fingerprint density at radius 2 is 1.68 bits per heavy atom. The summed E-state index contributed by atoms with van der Waals surface area (Å²) in [4.78, 5) is 14.6. The average Bonchev–Trinajstić information content (AvgIpc) is 3.25. The quantitative estimate of drug-likeness (QED) is 0.350. The zero-order valence-corrected chi connectivity index (χ0v) is 19.0. The highest BCUT2D eigenvalue weighted by atomic mass is 35.5. The Balaban J connectivity index is 1.65. The number of carbonyl (C=O) groups is 1. The van der Waals surface area contributed by atoms with Gasteiger partial charge in [0.15, 0.2) is 5.69 Å². The maximum absolute atomic E-state index is 13.4. The lowest BCUT2D eigenvalue weighted by Gasteiger charge is -2.14. The summed E-state index contributed by atoms with van der Waals surface area (Å²) in [6.45, 7) is 0. The fourth-order valence-corrected chi connectivity index (χ4v) is 3.61. The van der Waals surface area contributed by atoms with E-state index in [0.29, 0.717) is 22.5 Å². The minimum Gasteiger partial charge on any atom is -0.378 e. The van der Waals surface area contributed by atoms with Crippen LogP contribution in [0.3, 0.4) is 0 Å². The van der Waals surface area contributed by atoms with Crippen LogP contribution >= 0.6 is 11.6 Å². The highest BCUT2D eigenvalue weighted by Crippen LogP contribution is 2.34. The molecule has 0 aliphatic heterocycles. The third kappa shape index (κ3) is 4.92. The van der Waals surface area contributed by atoms with Gasteiger partial charge in [-0.15, -0.1) is 0 Å². The van der Waals surface area contributed by atoms with Crippen LogP contribution in [-0.4, -0.2) is 29.8 Å². The second-order valence-corrected chi connectivity index (χ2v) is 8.16. The van der Waals surface area contributed by atoms with Crippen LogP contribution in [0.25, 0.3) is 16.9 Å². The fraction of sp³-hybridized carbons (Fsp3) is 0.120. The third-order valence-corrected chi connectivity index (χ3v) is 5.46. The van der Waals surface area contributed by atoms with Crippen molar-refractivity contribution in [3.63, 3.8) is 0 Å². The molecule has 5 nitrogen and oxygen atoms in total. The van der Waals surface area contributed by atoms with Gasteiger partial charge in [-0.3, -0.25) is 4.79 Å². The van der Waals surface area contributed by atoms with Gasteiger partial charge in [-0.25, -0.2) is 4.68 Å². The van der Waals surface area contributed by atoms with Crippen molar-refractivity contribution in [2.24, 2.45) is 0 Å². The molecule has 0 saturated carbocycles. The van der Waals surface area contributed by atoms with Crippen molar-refractivity contribution in [1.82, 2.24) is 9.78 Å². The molecular formula is C25H20ClF3N4O. The number of para-hydroxylation sites is 1. The number of aromatic nitrogens is 2. The van der Waals surface area contributed by atoms with Crippen molar-refractivity contribution in [2.75, 3.05) is 24.3 Å². The number of amides is 1. The summed E-state index contributed by atoms with van der Waals surface area (Å²) in [5, 5.41) is 6.84. The van der Waals surface area contributed by atoms with Gasteiger partial charge in [-0.05, 0) is 48.5 Å². The van der Waals surface area contributed by atoms with Gasteiger partial charge in [0.2, 0.25) is 0 Å². The van der Waals surface area contributed by atoms with E-state index in [0.717, 1.165) is 16.4 Å². The first-order valence-electron chi connectivity index (χ1n) is 10.2. The molecule has 0 unspecified atom stereocenters. The number of anilines is 2. The molecule has 4 rings (SSSR count). The zero-order valence-electron chi connectivity index (χ0n) is 18.3. The van der Waals surface area contributed by atoms with E-state index < -0.39 is 11.9 Å². The Morgan fingerprint density at radius 3 is 2.32 bits per heavy atom. The van der Waals surface area contributed by atoms with E-state index in [9.17, 15) is 18.0 Å². The van der Waals surface area contributed by atoms with Gasteiger partial charge in [-0.2, -0.15) is 18.3 Å². The fourth-order valence-electron chi connectivity index (χ4n) is 3.39. The minimum absolute atomic E-state index is 0.200. The molecule has 174 valence electrons. The molecule has 1 aromatic heterocycles. The number of nitrogens with one attached hydrogen (secondary N) is 1. The van der Waals surface area contributed by atoms with Crippen LogP contribution in [-0.2, 0) is 6.18 Å². The molecular weight excluding hydrogens is 465 g/mol. The summed E-state index contributed by atoms with van der Waals surface area (Å²) in [5.74, 6) is -0.335. The molecule has 1 N–H and O–H groups in total. The Labute approximate surface area is 199 Å². The van der Waals surface area contributed by atoms with E-state index in [4.69, 9.17) is 11.6 Å². The lowest BCUT2D eigenvalue weighted by molar-refractivity contribution is -0.141. The average molecular weight is 485 g/mol. The standard InChI is InChI=1S/C25H20ClF3N4O/c1-32(2)19-7-5-6-18(14-19)30-24(34)17-12-10-16(11-13-17)22-15-23(25(27,28)29)31-33(22)21-9-4-3-8-20(21)26/h3-15H,1-2H3,(H,30,34). The molecule has 0 saturated heterocycles. The number of halogens is 4. The summed E-state index contributed by atoms with van der Waals surface area (Å²) in [6.07, 6.45) is -4.62. The normalized spacial score (nSPS) is 11.4. The number of alkyl halides is 3. The number of hydrogen-bond donors (Lipinski definition) is 1. The first-order chi connectivity index (χ1) is 16.1. The molecule has 3 aromatic carbocycles. The van der Waals surface area contributed by atoms with Crippen LogP contribution in [0.2, 0.25) is 5.02 Å². The predicted octanol–water partition coefficient (Wildman–Crippen LogP) is 6.53. The SMILES string of the molecule is CN(C)c1cccc(NC(=O)c2ccc(-c3cc(C(F)(F)F)nn3-c3ccccc3Cl)cc2)c1. The Kier molecular flexibility index (Phi) is 6.34. The molecule has 1 amide bonds. The monoisotopic (exact) mass is 484 g/mol. The van der Waals surface area contributed by atoms with Gasteiger partial charge < -0.3 is 10.2 Å². The topological polar surface area (TPSA) is 50.2 Å². The van der Waals surface area contributed by atoms with Crippen molar-refractivity contribution >= 4 is 28.9 Å². The molecule has 0 aliphatic carbocycles. The second-order valence-electron chi connectivity index (χ2n) is 7.75. The summed E-state index contributed by atoms with van der Waals surface area (Å²) < 4.78 is 41.4. The molecule has 9 heteroatoms. The van der Waals surface area contributed by atoms with Gasteiger partial charge in [0, 0.05) is 36.6 Å². The van der Waals surface area contributed by atoms with Crippen LogP contribution in [0.5, 0.6) is 0 Å². The molecule has 34 heavy (non-hydrogen) atoms. The highest BCUT2D eigenvalue weighted by Gasteiger charge is 2.35. The molecule has 0 spiro atoms. The summed E-state index contributed by atoms with van der Waals surface area (Å²) in [5.41, 5.74) is 1.86. The number of benzene rings is 3. The second kappa shape index (κ2) is 9.23. The Bertz CT molecular complexity index is 1330. The largest absolute Gasteiger partial charge is 0.435 e. The maximum Gasteiger partial charge on any atom is 0.435 e. The summed E-state index contributed by atoms with van der Waals surface area (Å²) >= 11 is 6.22. The van der Waals surface area contributed by atoms with Crippen molar-refractivity contribution in [2.45, 2.75) is 6.18 Å². The highest BCUT2D eigenvalue weighted by molar-refractivity contribution is 6.32. The summed E-state index contributed by atoms with van der Waals surface area (Å²) in [6, 6.07) is 21.1. The molecule has 4 aromatic rings. The van der Waals surface area contributed by atoms with Gasteiger partial charge in [-0.1, -0.05) is 41.9 Å². The first-order valence-corrected chi connectivity index (χ1v) is 10.6. The van der Waals surface area contributed by atoms with Gasteiger partial charge in [0.1, 0.15) is 0 Å². The number of hydrogen-bond acceptors (Lipinski definition) is 3. The lowest BCUT2D eigenvalue weighted by Crippen LogP contribution is -2.13. The maximum atomic E-state index is 13.4. The van der Waals surface area contributed by atoms with Crippen molar-refractivity contribution < 1.29 is 18.0 Å². The zero-order chi connectivity index (χ0) is 24.5. The molecule has 0 radical (unpaired) electrons. The number of nitrogens with zero attached hydrogens (tertiary/aromatic N) is 3. The predicted molar refractivity (Wildman–Crippen MR) is 128 cm³/mol. The lowest BCUT2D eigenvalue weighted by atomic mass is 10.1. The third-order valence-electron chi connectivity index (χ3n) is 5.14. The van der Waals surface area contributed by atoms with Crippen LogP contribution in [0.1, 0.15) is 16.1 Å². The van der Waals surface area contributed by atoms with E-state index in [1.165, 1.54) is 0 Å². The molecule has 0 fully saturated rings. The van der Waals surface area contributed by atoms with E-state index in [1.54, 1.807) is 54.6 Å². The Morgan fingerprint density at radius 1 is 0.971 bits per heavy atom. The van der Waals surface area contributed by atoms with Crippen LogP contribution in [0, 0.1) is 0 Å². The van der Waals surface area contributed by atoms with Crippen molar-refractivity contribution in [1.29, 1.82) is 0 Å². The van der Waals surface area contributed by atoms with Crippen LogP contribution in [0.15, 0.2) is 78.9 Å². The van der Waals surface area contributed by atoms with Gasteiger partial charge in [0.25, 0.3) is 5.91 Å². The van der Waals surface area contributed by atoms with E-state index >= 15 is 0 Å². The minimum atomic E-state index is -4.62. The van der Waals surface area contributed by atoms with E-state index in [-0.39, 0.29) is 16.6 Å². The van der Waals surface area contributed by atoms with Crippen LogP contribution < -0.4 is 10.2 Å². The van der Waals surface area contributed by atoms with Crippen LogP contribution in [0.4, 0.5) is 24.5 Å². The molecule has 0 atom stereocenters. The van der Waals surface area contributed by atoms with E-state index in [1.807, 2.05) is 37.2 Å². The van der Waals surface area contributed by atoms with E-state index in [2.05, 4.69) is 10.4 Å². The van der Waals surface area contributed by atoms with Gasteiger partial charge >= 0.3 is 6.18 Å². The number of rotatable bonds is 5. The molecule has 1 heterocycles. The molecule has 0 aliphatic rings. The van der Waals surface area contributed by atoms with Crippen molar-refractivity contribution in [3.8, 4) is 16.9 Å². The summed E-state index contributed by atoms with van der Waals surface area (Å²) in [7, 11) is 3.80. The molecule has 0 bridgehead atoms. The first kappa shape index (κ1) is 23.4. The van der Waals surface area contributed by atoms with Gasteiger partial charge in [0.05, 0.1) is 16.4 Å².